The highest BCUT2D eigenvalue weighted by Gasteiger charge is 2.16. The minimum absolute atomic E-state index is 0.298. The Labute approximate surface area is 148 Å². The van der Waals surface area contributed by atoms with Crippen molar-refractivity contribution in [2.24, 2.45) is 0 Å². The molecule has 0 atom stereocenters. The maximum absolute atomic E-state index is 12.3. The highest BCUT2D eigenvalue weighted by molar-refractivity contribution is 5.80. The van der Waals surface area contributed by atoms with Gasteiger partial charge in [-0.2, -0.15) is 8.78 Å². The SMILES string of the molecule is COc1cc(OC)cc(-c2nc[nH]c2-c2ccc(OC(F)F)c(O)c2)c1. The van der Waals surface area contributed by atoms with E-state index in [0.717, 1.165) is 5.56 Å². The quantitative estimate of drug-likeness (QED) is 0.691. The van der Waals surface area contributed by atoms with Crippen molar-refractivity contribution < 1.29 is 28.1 Å². The maximum atomic E-state index is 12.3. The number of phenolic OH excluding ortho intramolecular Hbond substituents is 1. The third-order valence-corrected chi connectivity index (χ3v) is 3.73. The molecule has 136 valence electrons. The molecule has 3 aromatic rings. The summed E-state index contributed by atoms with van der Waals surface area (Å²) in [6, 6.07) is 9.45. The van der Waals surface area contributed by atoms with E-state index in [9.17, 15) is 13.9 Å². The second kappa shape index (κ2) is 7.30. The number of hydrogen-bond donors (Lipinski definition) is 2. The van der Waals surface area contributed by atoms with Crippen LogP contribution < -0.4 is 14.2 Å². The van der Waals surface area contributed by atoms with Gasteiger partial charge < -0.3 is 24.3 Å². The molecule has 0 fully saturated rings. The van der Waals surface area contributed by atoms with Crippen molar-refractivity contribution in [3.8, 4) is 45.5 Å². The molecule has 0 aliphatic carbocycles. The van der Waals surface area contributed by atoms with Crippen molar-refractivity contribution in [1.29, 1.82) is 0 Å². The number of rotatable bonds is 6. The zero-order valence-corrected chi connectivity index (χ0v) is 14.0. The first-order valence-corrected chi connectivity index (χ1v) is 7.57. The summed E-state index contributed by atoms with van der Waals surface area (Å²) in [5.41, 5.74) is 2.46. The fraction of sp³-hybridized carbons (Fsp3) is 0.167. The van der Waals surface area contributed by atoms with E-state index in [1.165, 1.54) is 18.5 Å². The molecule has 0 saturated heterocycles. The Morgan fingerprint density at radius 2 is 1.69 bits per heavy atom. The molecule has 6 nitrogen and oxygen atoms in total. The van der Waals surface area contributed by atoms with Crippen LogP contribution in [0.15, 0.2) is 42.7 Å². The largest absolute Gasteiger partial charge is 0.504 e. The van der Waals surface area contributed by atoms with Crippen molar-refractivity contribution in [2.75, 3.05) is 14.2 Å². The van der Waals surface area contributed by atoms with Crippen molar-refractivity contribution in [1.82, 2.24) is 9.97 Å². The molecule has 0 aliphatic rings. The fourth-order valence-electron chi connectivity index (χ4n) is 2.55. The van der Waals surface area contributed by atoms with Gasteiger partial charge in [0.25, 0.3) is 0 Å². The predicted molar refractivity (Wildman–Crippen MR) is 90.9 cm³/mol. The molecule has 0 amide bonds. The molecule has 0 spiro atoms. The number of aromatic amines is 1. The van der Waals surface area contributed by atoms with Gasteiger partial charge in [0.1, 0.15) is 11.5 Å². The molecule has 0 saturated carbocycles. The van der Waals surface area contributed by atoms with Gasteiger partial charge in [-0.05, 0) is 30.3 Å². The summed E-state index contributed by atoms with van der Waals surface area (Å²) in [4.78, 5) is 7.30. The summed E-state index contributed by atoms with van der Waals surface area (Å²) in [5, 5.41) is 9.93. The van der Waals surface area contributed by atoms with Crippen LogP contribution in [0.4, 0.5) is 8.78 Å². The summed E-state index contributed by atoms with van der Waals surface area (Å²) < 4.78 is 39.4. The van der Waals surface area contributed by atoms with Crippen molar-refractivity contribution >= 4 is 0 Å². The third-order valence-electron chi connectivity index (χ3n) is 3.73. The number of alkyl halides is 2. The lowest BCUT2D eigenvalue weighted by atomic mass is 10.0. The topological polar surface area (TPSA) is 76.6 Å². The number of nitrogens with zero attached hydrogens (tertiary/aromatic N) is 1. The number of benzene rings is 2. The Kier molecular flexibility index (Phi) is 4.92. The van der Waals surface area contributed by atoms with Crippen LogP contribution in [-0.4, -0.2) is 35.9 Å². The van der Waals surface area contributed by atoms with Gasteiger partial charge in [0.05, 0.1) is 31.9 Å². The smallest absolute Gasteiger partial charge is 0.387 e. The van der Waals surface area contributed by atoms with E-state index in [-0.39, 0.29) is 5.75 Å². The number of aromatic hydroxyl groups is 1. The highest BCUT2D eigenvalue weighted by atomic mass is 19.3. The molecule has 3 rings (SSSR count). The summed E-state index contributed by atoms with van der Waals surface area (Å²) >= 11 is 0. The van der Waals surface area contributed by atoms with Gasteiger partial charge in [0.15, 0.2) is 11.5 Å². The first kappa shape index (κ1) is 17.5. The average molecular weight is 362 g/mol. The van der Waals surface area contributed by atoms with Crippen molar-refractivity contribution in [2.45, 2.75) is 6.61 Å². The molecule has 1 heterocycles. The molecule has 0 unspecified atom stereocenters. The Morgan fingerprint density at radius 1 is 1.00 bits per heavy atom. The van der Waals surface area contributed by atoms with Crippen molar-refractivity contribution in [3.05, 3.63) is 42.7 Å². The van der Waals surface area contributed by atoms with E-state index in [4.69, 9.17) is 9.47 Å². The molecule has 2 aromatic carbocycles. The van der Waals surface area contributed by atoms with Crippen molar-refractivity contribution in [3.63, 3.8) is 0 Å². The van der Waals surface area contributed by atoms with E-state index in [2.05, 4.69) is 14.7 Å². The van der Waals surface area contributed by atoms with Crippen LogP contribution >= 0.6 is 0 Å². The van der Waals surface area contributed by atoms with Gasteiger partial charge in [-0.3, -0.25) is 0 Å². The molecule has 2 N–H and O–H groups in total. The van der Waals surface area contributed by atoms with Crippen LogP contribution in [-0.2, 0) is 0 Å². The molecule has 0 aliphatic heterocycles. The van der Waals surface area contributed by atoms with Crippen LogP contribution in [0.2, 0.25) is 0 Å². The lowest BCUT2D eigenvalue weighted by Crippen LogP contribution is -2.01. The Morgan fingerprint density at radius 3 is 2.27 bits per heavy atom. The zero-order chi connectivity index (χ0) is 18.7. The van der Waals surface area contributed by atoms with Gasteiger partial charge >= 0.3 is 6.61 Å². The molecule has 26 heavy (non-hydrogen) atoms. The van der Waals surface area contributed by atoms with Gasteiger partial charge in [-0.1, -0.05) is 0 Å². The van der Waals surface area contributed by atoms with Gasteiger partial charge in [0, 0.05) is 17.2 Å². The van der Waals surface area contributed by atoms with E-state index in [1.807, 2.05) is 0 Å². The highest BCUT2D eigenvalue weighted by Crippen LogP contribution is 2.37. The molecule has 0 bridgehead atoms. The Bertz CT molecular complexity index is 890. The second-order valence-corrected chi connectivity index (χ2v) is 5.29. The number of halogens is 2. The number of methoxy groups -OCH3 is 2. The standard InChI is InChI=1S/C18H16F2N2O4/c1-24-12-5-11(6-13(8-12)25-2)17-16(21-9-22-17)10-3-4-15(14(23)7-10)26-18(19)20/h3-9,18,23H,1-2H3,(H,21,22). The van der Waals surface area contributed by atoms with E-state index < -0.39 is 12.4 Å². The molecular formula is C18H16F2N2O4. The number of H-pyrrole nitrogens is 1. The lowest BCUT2D eigenvalue weighted by Gasteiger charge is -2.10. The maximum Gasteiger partial charge on any atom is 0.387 e. The van der Waals surface area contributed by atoms with Gasteiger partial charge in [-0.15, -0.1) is 0 Å². The van der Waals surface area contributed by atoms with Gasteiger partial charge in [-0.25, -0.2) is 4.98 Å². The number of nitrogens with one attached hydrogen (secondary N) is 1. The minimum atomic E-state index is -3.02. The van der Waals surface area contributed by atoms with Gasteiger partial charge in [0.2, 0.25) is 0 Å². The normalized spacial score (nSPS) is 10.8. The number of hydrogen-bond acceptors (Lipinski definition) is 5. The molecule has 8 heteroatoms. The molecule has 0 radical (unpaired) electrons. The number of phenols is 1. The Hall–Kier alpha value is -3.29. The zero-order valence-electron chi connectivity index (χ0n) is 14.0. The van der Waals surface area contributed by atoms with Crippen LogP contribution in [0.3, 0.4) is 0 Å². The lowest BCUT2D eigenvalue weighted by molar-refractivity contribution is -0.0512. The summed E-state index contributed by atoms with van der Waals surface area (Å²) in [5.74, 6) is 0.494. The van der Waals surface area contributed by atoms with Crippen LogP contribution in [0.1, 0.15) is 0 Å². The number of ether oxygens (including phenoxy) is 3. The minimum Gasteiger partial charge on any atom is -0.504 e. The summed E-state index contributed by atoms with van der Waals surface area (Å²) in [6.07, 6.45) is 1.50. The fourth-order valence-corrected chi connectivity index (χ4v) is 2.55. The number of imidazole rings is 1. The molecular weight excluding hydrogens is 346 g/mol. The van der Waals surface area contributed by atoms with Crippen LogP contribution in [0.5, 0.6) is 23.0 Å². The van der Waals surface area contributed by atoms with Crippen LogP contribution in [0.25, 0.3) is 22.5 Å². The van der Waals surface area contributed by atoms with E-state index >= 15 is 0 Å². The predicted octanol–water partition coefficient (Wildman–Crippen LogP) is 4.07. The third kappa shape index (κ3) is 3.53. The first-order valence-electron chi connectivity index (χ1n) is 7.57. The number of aromatic nitrogens is 2. The monoisotopic (exact) mass is 362 g/mol. The summed E-state index contributed by atoms with van der Waals surface area (Å²) in [6.45, 7) is -3.02. The van der Waals surface area contributed by atoms with E-state index in [0.29, 0.717) is 28.5 Å². The second-order valence-electron chi connectivity index (χ2n) is 5.29. The van der Waals surface area contributed by atoms with E-state index in [1.54, 1.807) is 38.5 Å². The molecule has 1 aromatic heterocycles. The Balaban J connectivity index is 2.03. The summed E-state index contributed by atoms with van der Waals surface area (Å²) in [7, 11) is 3.09. The average Bonchev–Trinajstić information content (AvgIpc) is 3.12. The van der Waals surface area contributed by atoms with Crippen LogP contribution in [0, 0.1) is 0 Å². The first-order chi connectivity index (χ1) is 12.5.